The van der Waals surface area contributed by atoms with Gasteiger partial charge in [0.1, 0.15) is 5.82 Å². The van der Waals surface area contributed by atoms with Gasteiger partial charge in [0.05, 0.1) is 0 Å². The van der Waals surface area contributed by atoms with E-state index in [0.29, 0.717) is 54.6 Å². The Bertz CT molecular complexity index is 1430. The molecule has 1 aliphatic carbocycles. The Hall–Kier alpha value is -3.12. The van der Waals surface area contributed by atoms with E-state index in [-0.39, 0.29) is 11.2 Å². The average Bonchev–Trinajstić information content (AvgIpc) is 3.52. The van der Waals surface area contributed by atoms with E-state index in [1.807, 2.05) is 49.4 Å². The number of hydrogen-bond donors (Lipinski definition) is 0. The summed E-state index contributed by atoms with van der Waals surface area (Å²) in [6.07, 6.45) is 5.83. The smallest absolute Gasteiger partial charge is 0.317 e. The Morgan fingerprint density at radius 3 is 2.29 bits per heavy atom. The Morgan fingerprint density at radius 1 is 0.886 bits per heavy atom. The van der Waals surface area contributed by atoms with Crippen LogP contribution in [0.25, 0.3) is 11.2 Å². The number of rotatable bonds is 8. The van der Waals surface area contributed by atoms with Crippen molar-refractivity contribution in [1.82, 2.24) is 18.7 Å². The molecule has 0 atom stereocenters. The minimum atomic E-state index is -0.277. The third-order valence-corrected chi connectivity index (χ3v) is 7.28. The van der Waals surface area contributed by atoms with Crippen molar-refractivity contribution in [2.24, 2.45) is 0 Å². The van der Waals surface area contributed by atoms with Crippen molar-refractivity contribution >= 4 is 22.8 Å². The van der Waals surface area contributed by atoms with Crippen molar-refractivity contribution in [3.05, 3.63) is 97.4 Å². The van der Waals surface area contributed by atoms with E-state index in [1.165, 1.54) is 17.4 Å². The molecule has 2 aromatic heterocycles. The lowest BCUT2D eigenvalue weighted by molar-refractivity contribution is 0.558. The van der Waals surface area contributed by atoms with Crippen LogP contribution in [0.2, 0.25) is 5.02 Å². The average molecular weight is 491 g/mol. The Balaban J connectivity index is 1.69. The van der Waals surface area contributed by atoms with Crippen molar-refractivity contribution in [2.75, 3.05) is 0 Å². The zero-order chi connectivity index (χ0) is 24.4. The second kappa shape index (κ2) is 10.2. The Labute approximate surface area is 209 Å². The van der Waals surface area contributed by atoms with Gasteiger partial charge >= 0.3 is 5.69 Å². The largest absolute Gasteiger partial charge is 0.332 e. The summed E-state index contributed by atoms with van der Waals surface area (Å²) in [4.78, 5) is 32.3. The maximum absolute atomic E-state index is 13.7. The topological polar surface area (TPSA) is 61.8 Å². The number of aryl methyl sites for hydroxylation is 2. The highest BCUT2D eigenvalue weighted by atomic mass is 35.5. The lowest BCUT2D eigenvalue weighted by Crippen LogP contribution is -2.41. The number of aromatic nitrogens is 4. The highest BCUT2D eigenvalue weighted by Gasteiger charge is 2.27. The summed E-state index contributed by atoms with van der Waals surface area (Å²) in [5.74, 6) is 1.25. The highest BCUT2D eigenvalue weighted by molar-refractivity contribution is 6.30. The van der Waals surface area contributed by atoms with Crippen LogP contribution in [0, 0.1) is 0 Å². The summed E-state index contributed by atoms with van der Waals surface area (Å²) in [6.45, 7) is 3.40. The van der Waals surface area contributed by atoms with E-state index in [2.05, 4.69) is 16.7 Å². The van der Waals surface area contributed by atoms with E-state index < -0.39 is 0 Å². The molecule has 0 saturated heterocycles. The molecule has 0 unspecified atom stereocenters. The van der Waals surface area contributed by atoms with Crippen molar-refractivity contribution < 1.29 is 0 Å². The monoisotopic (exact) mass is 490 g/mol. The predicted molar refractivity (Wildman–Crippen MR) is 140 cm³/mol. The molecule has 0 radical (unpaired) electrons. The third-order valence-electron chi connectivity index (χ3n) is 7.03. The first kappa shape index (κ1) is 23.6. The van der Waals surface area contributed by atoms with E-state index in [1.54, 1.807) is 4.57 Å². The number of benzene rings is 2. The van der Waals surface area contributed by atoms with E-state index in [0.717, 1.165) is 29.8 Å². The molecule has 0 bridgehead atoms. The molecule has 0 aliphatic heterocycles. The van der Waals surface area contributed by atoms with Gasteiger partial charge in [-0.3, -0.25) is 13.9 Å². The van der Waals surface area contributed by atoms with Gasteiger partial charge < -0.3 is 4.57 Å². The van der Waals surface area contributed by atoms with E-state index in [4.69, 9.17) is 16.6 Å². The van der Waals surface area contributed by atoms with Crippen LogP contribution in [0.3, 0.4) is 0 Å². The molecule has 4 aromatic rings. The normalized spacial score (nSPS) is 14.2. The molecule has 7 heteroatoms. The predicted octanol–water partition coefficient (Wildman–Crippen LogP) is 5.37. The molecule has 0 spiro atoms. The minimum absolute atomic E-state index is 0.234. The van der Waals surface area contributed by atoms with Gasteiger partial charge in [-0.1, -0.05) is 73.8 Å². The van der Waals surface area contributed by atoms with Crippen LogP contribution >= 0.6 is 11.6 Å². The first-order valence-electron chi connectivity index (χ1n) is 12.6. The summed E-state index contributed by atoms with van der Waals surface area (Å²) in [5.41, 5.74) is 2.75. The van der Waals surface area contributed by atoms with Crippen LogP contribution in [0.4, 0.5) is 0 Å². The summed E-state index contributed by atoms with van der Waals surface area (Å²) in [7, 11) is 0. The molecule has 182 valence electrons. The summed E-state index contributed by atoms with van der Waals surface area (Å²) < 4.78 is 5.19. The fraction of sp³-hybridized carbons (Fsp3) is 0.393. The lowest BCUT2D eigenvalue weighted by atomic mass is 10.1. The second-order valence-corrected chi connectivity index (χ2v) is 9.90. The van der Waals surface area contributed by atoms with Crippen molar-refractivity contribution in [3.63, 3.8) is 0 Å². The lowest BCUT2D eigenvalue weighted by Gasteiger charge is -2.14. The number of hydrogen-bond acceptors (Lipinski definition) is 3. The molecule has 1 fully saturated rings. The fourth-order valence-corrected chi connectivity index (χ4v) is 5.37. The summed E-state index contributed by atoms with van der Waals surface area (Å²) in [5, 5.41) is 0.686. The highest BCUT2D eigenvalue weighted by Crippen LogP contribution is 2.35. The van der Waals surface area contributed by atoms with Crippen LogP contribution in [0.15, 0.2) is 64.2 Å². The van der Waals surface area contributed by atoms with Crippen molar-refractivity contribution in [1.29, 1.82) is 0 Å². The van der Waals surface area contributed by atoms with Crippen LogP contribution in [-0.2, 0) is 26.1 Å². The third kappa shape index (κ3) is 4.72. The van der Waals surface area contributed by atoms with E-state index >= 15 is 0 Å². The minimum Gasteiger partial charge on any atom is -0.317 e. The van der Waals surface area contributed by atoms with Gasteiger partial charge in [0, 0.05) is 30.6 Å². The molecule has 1 saturated carbocycles. The maximum Gasteiger partial charge on any atom is 0.332 e. The summed E-state index contributed by atoms with van der Waals surface area (Å²) >= 11 is 6.05. The molecule has 2 aromatic carbocycles. The van der Waals surface area contributed by atoms with E-state index in [9.17, 15) is 9.59 Å². The molecule has 5 rings (SSSR count). The number of imidazole rings is 1. The SMILES string of the molecule is CCCn1c(=O)c2c(nc(C3CCCC3)n2Cc2ccccc2)n(CCc2ccc(Cl)cc2)c1=O. The summed E-state index contributed by atoms with van der Waals surface area (Å²) in [6, 6.07) is 17.9. The van der Waals surface area contributed by atoms with Crippen LogP contribution in [0.5, 0.6) is 0 Å². The molecular formula is C28H31ClN4O2. The molecule has 0 amide bonds. The molecule has 1 aliphatic rings. The first-order chi connectivity index (χ1) is 17.1. The zero-order valence-electron chi connectivity index (χ0n) is 20.1. The van der Waals surface area contributed by atoms with Gasteiger partial charge in [0.2, 0.25) is 0 Å². The van der Waals surface area contributed by atoms with Gasteiger partial charge in [-0.2, -0.15) is 0 Å². The van der Waals surface area contributed by atoms with Crippen molar-refractivity contribution in [3.8, 4) is 0 Å². The van der Waals surface area contributed by atoms with Gasteiger partial charge in [0.25, 0.3) is 5.56 Å². The first-order valence-corrected chi connectivity index (χ1v) is 13.0. The van der Waals surface area contributed by atoms with Gasteiger partial charge in [-0.15, -0.1) is 0 Å². The standard InChI is InChI=1S/C28H31ClN4O2/c1-2-17-32-27(34)24-26(31(28(32)35)18-16-20-12-14-23(29)15-13-20)30-25(22-10-6-7-11-22)33(24)19-21-8-4-3-5-9-21/h3-5,8-9,12-15,22H,2,6-7,10-11,16-19H2,1H3. The fourth-order valence-electron chi connectivity index (χ4n) is 5.24. The van der Waals surface area contributed by atoms with Crippen LogP contribution in [-0.4, -0.2) is 18.7 Å². The second-order valence-electron chi connectivity index (χ2n) is 9.46. The van der Waals surface area contributed by atoms with Crippen LogP contribution < -0.4 is 11.2 Å². The molecule has 0 N–H and O–H groups in total. The van der Waals surface area contributed by atoms with Crippen LogP contribution in [0.1, 0.15) is 61.9 Å². The van der Waals surface area contributed by atoms with Gasteiger partial charge in [-0.25, -0.2) is 9.78 Å². The molecule has 2 heterocycles. The van der Waals surface area contributed by atoms with Crippen molar-refractivity contribution in [2.45, 2.75) is 71.0 Å². The van der Waals surface area contributed by atoms with Gasteiger partial charge in [-0.05, 0) is 48.9 Å². The maximum atomic E-state index is 13.7. The molecule has 6 nitrogen and oxygen atoms in total. The molecular weight excluding hydrogens is 460 g/mol. The van der Waals surface area contributed by atoms with Gasteiger partial charge in [0.15, 0.2) is 11.2 Å². The zero-order valence-corrected chi connectivity index (χ0v) is 20.9. The number of nitrogens with zero attached hydrogens (tertiary/aromatic N) is 4. The quantitative estimate of drug-likeness (QED) is 0.333. The Morgan fingerprint density at radius 2 is 1.60 bits per heavy atom. The number of halogens is 1. The molecule has 35 heavy (non-hydrogen) atoms. The Kier molecular flexibility index (Phi) is 6.91. The number of fused-ring (bicyclic) bond motifs is 1.